The van der Waals surface area contributed by atoms with Gasteiger partial charge in [-0.3, -0.25) is 0 Å². The molecule has 2 aromatic rings. The van der Waals surface area contributed by atoms with Gasteiger partial charge in [-0.15, -0.1) is 0 Å². The maximum absolute atomic E-state index is 6.17. The smallest absolute Gasteiger partial charge is 0.240 e. The van der Waals surface area contributed by atoms with Crippen LogP contribution in [-0.4, -0.2) is 24.2 Å². The fourth-order valence-corrected chi connectivity index (χ4v) is 1.78. The van der Waals surface area contributed by atoms with Crippen molar-refractivity contribution in [3.63, 3.8) is 0 Å². The first-order valence-electron chi connectivity index (χ1n) is 5.61. The number of halogens is 1. The van der Waals surface area contributed by atoms with Crippen molar-refractivity contribution in [3.8, 4) is 11.8 Å². The summed E-state index contributed by atoms with van der Waals surface area (Å²) in [5, 5.41) is 0.656. The van der Waals surface area contributed by atoms with Crippen LogP contribution in [0.2, 0.25) is 5.02 Å². The van der Waals surface area contributed by atoms with Crippen LogP contribution in [0.3, 0.4) is 0 Å². The number of rotatable bonds is 4. The van der Waals surface area contributed by atoms with Crippen LogP contribution in [0, 0.1) is 0 Å². The summed E-state index contributed by atoms with van der Waals surface area (Å²) in [6.45, 7) is 0. The molecule has 0 aliphatic heterocycles. The lowest BCUT2D eigenvalue weighted by Gasteiger charge is -2.14. The lowest BCUT2D eigenvalue weighted by Crippen LogP contribution is -2.15. The highest BCUT2D eigenvalue weighted by Gasteiger charge is 2.17. The molecule has 0 aliphatic carbocycles. The topological polar surface area (TPSA) is 70.3 Å². The third kappa shape index (κ3) is 2.94. The van der Waals surface area contributed by atoms with E-state index in [4.69, 9.17) is 26.8 Å². The summed E-state index contributed by atoms with van der Waals surface area (Å²) < 4.78 is 10.2. The average molecular weight is 280 g/mol. The van der Waals surface area contributed by atoms with Gasteiger partial charge in [-0.2, -0.15) is 4.98 Å². The number of nitrogens with zero attached hydrogens (tertiary/aromatic N) is 2. The fraction of sp³-hybridized carbons (Fsp3) is 0.231. The minimum atomic E-state index is -0.439. The summed E-state index contributed by atoms with van der Waals surface area (Å²) in [6.07, 6.45) is 1.51. The van der Waals surface area contributed by atoms with Crippen molar-refractivity contribution in [2.24, 2.45) is 5.73 Å². The van der Waals surface area contributed by atoms with E-state index < -0.39 is 6.04 Å². The second-order valence-corrected chi connectivity index (χ2v) is 4.27. The van der Waals surface area contributed by atoms with Gasteiger partial charge in [0.05, 0.1) is 26.5 Å². The summed E-state index contributed by atoms with van der Waals surface area (Å²) in [6, 6.07) is 6.81. The number of methoxy groups -OCH3 is 2. The summed E-state index contributed by atoms with van der Waals surface area (Å²) in [5.74, 6) is 0.728. The van der Waals surface area contributed by atoms with E-state index >= 15 is 0 Å². The molecule has 1 aromatic carbocycles. The molecule has 0 radical (unpaired) electrons. The zero-order valence-electron chi connectivity index (χ0n) is 10.6. The van der Waals surface area contributed by atoms with Crippen molar-refractivity contribution in [2.45, 2.75) is 6.04 Å². The molecule has 100 valence electrons. The minimum Gasteiger partial charge on any atom is -0.480 e. The Morgan fingerprint density at radius 3 is 2.42 bits per heavy atom. The molecule has 0 saturated carbocycles. The maximum Gasteiger partial charge on any atom is 0.240 e. The number of nitrogens with two attached hydrogens (primary N) is 1. The Kier molecular flexibility index (Phi) is 4.19. The molecular weight excluding hydrogens is 266 g/mol. The van der Waals surface area contributed by atoms with Crippen molar-refractivity contribution in [2.75, 3.05) is 14.2 Å². The normalized spacial score (nSPS) is 12.0. The Balaban J connectivity index is 2.37. The maximum atomic E-state index is 6.17. The van der Waals surface area contributed by atoms with Crippen molar-refractivity contribution in [1.82, 2.24) is 9.97 Å². The molecule has 0 aliphatic rings. The highest BCUT2D eigenvalue weighted by molar-refractivity contribution is 6.30. The number of hydrogen-bond acceptors (Lipinski definition) is 5. The highest BCUT2D eigenvalue weighted by atomic mass is 35.5. The van der Waals surface area contributed by atoms with Crippen LogP contribution >= 0.6 is 11.6 Å². The Morgan fingerprint density at radius 2 is 1.84 bits per heavy atom. The van der Waals surface area contributed by atoms with Gasteiger partial charge in [-0.05, 0) is 17.7 Å². The van der Waals surface area contributed by atoms with Crippen LogP contribution < -0.4 is 15.2 Å². The Labute approximate surface area is 116 Å². The molecule has 1 heterocycles. The van der Waals surface area contributed by atoms with Gasteiger partial charge in [0.1, 0.15) is 5.69 Å². The molecule has 19 heavy (non-hydrogen) atoms. The molecule has 5 nitrogen and oxygen atoms in total. The van der Waals surface area contributed by atoms with Gasteiger partial charge in [0.15, 0.2) is 0 Å². The molecule has 1 aromatic heterocycles. The summed E-state index contributed by atoms with van der Waals surface area (Å²) in [5.41, 5.74) is 7.59. The standard InChI is InChI=1S/C13H14ClN3O2/c1-18-10-7-16-12(13(17-10)19-2)11(15)8-3-5-9(14)6-4-8/h3-7,11H,15H2,1-2H3. The first kappa shape index (κ1) is 13.6. The zero-order chi connectivity index (χ0) is 13.8. The van der Waals surface area contributed by atoms with Gasteiger partial charge in [0.25, 0.3) is 0 Å². The van der Waals surface area contributed by atoms with Gasteiger partial charge >= 0.3 is 0 Å². The summed E-state index contributed by atoms with van der Waals surface area (Å²) >= 11 is 5.85. The quantitative estimate of drug-likeness (QED) is 0.929. The van der Waals surface area contributed by atoms with Crippen LogP contribution in [0.15, 0.2) is 30.5 Å². The second kappa shape index (κ2) is 5.86. The van der Waals surface area contributed by atoms with Gasteiger partial charge in [-0.1, -0.05) is 23.7 Å². The predicted molar refractivity (Wildman–Crippen MR) is 72.6 cm³/mol. The number of hydrogen-bond donors (Lipinski definition) is 1. The van der Waals surface area contributed by atoms with E-state index in [1.807, 2.05) is 12.1 Å². The van der Waals surface area contributed by atoms with Gasteiger partial charge in [-0.25, -0.2) is 4.98 Å². The van der Waals surface area contributed by atoms with Gasteiger partial charge in [0, 0.05) is 5.02 Å². The van der Waals surface area contributed by atoms with Crippen LogP contribution in [-0.2, 0) is 0 Å². The number of benzene rings is 1. The first-order valence-corrected chi connectivity index (χ1v) is 5.99. The fourth-order valence-electron chi connectivity index (χ4n) is 1.66. The highest BCUT2D eigenvalue weighted by Crippen LogP contribution is 2.27. The molecular formula is C13H14ClN3O2. The summed E-state index contributed by atoms with van der Waals surface area (Å²) in [7, 11) is 3.03. The van der Waals surface area contributed by atoms with E-state index in [2.05, 4.69) is 9.97 Å². The van der Waals surface area contributed by atoms with E-state index in [0.29, 0.717) is 22.5 Å². The number of ether oxygens (including phenoxy) is 2. The molecule has 0 saturated heterocycles. The SMILES string of the molecule is COc1cnc(C(N)c2ccc(Cl)cc2)c(OC)n1. The van der Waals surface area contributed by atoms with E-state index in [9.17, 15) is 0 Å². The molecule has 2 rings (SSSR count). The Bertz CT molecular complexity index is 560. The molecule has 6 heteroatoms. The molecule has 0 amide bonds. The number of aromatic nitrogens is 2. The van der Waals surface area contributed by atoms with Crippen molar-refractivity contribution >= 4 is 11.6 Å². The molecule has 1 atom stereocenters. The lowest BCUT2D eigenvalue weighted by molar-refractivity contribution is 0.355. The van der Waals surface area contributed by atoms with E-state index in [0.717, 1.165) is 5.56 Å². The van der Waals surface area contributed by atoms with E-state index in [1.54, 1.807) is 12.1 Å². The Hall–Kier alpha value is -1.85. The third-order valence-electron chi connectivity index (χ3n) is 2.67. The van der Waals surface area contributed by atoms with Gasteiger partial charge < -0.3 is 15.2 Å². The summed E-state index contributed by atoms with van der Waals surface area (Å²) in [4.78, 5) is 8.41. The molecule has 1 unspecified atom stereocenters. The lowest BCUT2D eigenvalue weighted by atomic mass is 10.0. The monoisotopic (exact) mass is 279 g/mol. The van der Waals surface area contributed by atoms with Crippen LogP contribution in [0.4, 0.5) is 0 Å². The van der Waals surface area contributed by atoms with Crippen molar-refractivity contribution in [3.05, 3.63) is 46.7 Å². The molecule has 0 spiro atoms. The average Bonchev–Trinajstić information content (AvgIpc) is 2.46. The predicted octanol–water partition coefficient (Wildman–Crippen LogP) is 2.20. The van der Waals surface area contributed by atoms with E-state index in [-0.39, 0.29) is 0 Å². The van der Waals surface area contributed by atoms with E-state index in [1.165, 1.54) is 20.4 Å². The minimum absolute atomic E-state index is 0.349. The zero-order valence-corrected chi connectivity index (χ0v) is 11.4. The van der Waals surface area contributed by atoms with Crippen LogP contribution in [0.1, 0.15) is 17.3 Å². The second-order valence-electron chi connectivity index (χ2n) is 3.84. The van der Waals surface area contributed by atoms with Gasteiger partial charge in [0.2, 0.25) is 11.8 Å². The largest absolute Gasteiger partial charge is 0.480 e. The van der Waals surface area contributed by atoms with Crippen LogP contribution in [0.25, 0.3) is 0 Å². The van der Waals surface area contributed by atoms with Crippen LogP contribution in [0.5, 0.6) is 11.8 Å². The van der Waals surface area contributed by atoms with Crippen molar-refractivity contribution in [1.29, 1.82) is 0 Å². The first-order chi connectivity index (χ1) is 9.15. The van der Waals surface area contributed by atoms with Crippen molar-refractivity contribution < 1.29 is 9.47 Å². The third-order valence-corrected chi connectivity index (χ3v) is 2.92. The molecule has 0 fully saturated rings. The Morgan fingerprint density at radius 1 is 1.16 bits per heavy atom. The molecule has 2 N–H and O–H groups in total. The molecule has 0 bridgehead atoms.